The molecular weight excluding hydrogens is 288 g/mol. The van der Waals surface area contributed by atoms with Crippen molar-refractivity contribution in [2.75, 3.05) is 0 Å². The zero-order chi connectivity index (χ0) is 15.2. The van der Waals surface area contributed by atoms with Crippen molar-refractivity contribution in [3.8, 4) is 5.75 Å². The molecule has 0 aliphatic rings. The molecule has 0 bridgehead atoms. The van der Waals surface area contributed by atoms with Gasteiger partial charge in [-0.05, 0) is 29.7 Å². The average molecular weight is 305 g/mol. The molecule has 0 fully saturated rings. The Balaban J connectivity index is 2.12. The largest absolute Gasteiger partial charge is 0.478 e. The maximum atomic E-state index is 11.4. The number of halogens is 1. The number of hydrogen-bond acceptors (Lipinski definition) is 2. The zero-order valence-electron chi connectivity index (χ0n) is 11.8. The van der Waals surface area contributed by atoms with Crippen molar-refractivity contribution in [3.05, 3.63) is 64.7 Å². The van der Waals surface area contributed by atoms with Gasteiger partial charge in [-0.3, -0.25) is 0 Å². The number of carbonyl (C=O) groups is 1. The Morgan fingerprint density at radius 1 is 1.14 bits per heavy atom. The molecule has 0 aromatic heterocycles. The molecular formula is C17H17ClO3. The van der Waals surface area contributed by atoms with Crippen LogP contribution in [0.25, 0.3) is 0 Å². The van der Waals surface area contributed by atoms with Gasteiger partial charge in [0.15, 0.2) is 6.10 Å². The van der Waals surface area contributed by atoms with Crippen molar-refractivity contribution in [1.29, 1.82) is 0 Å². The molecule has 0 saturated heterocycles. The van der Waals surface area contributed by atoms with E-state index in [-0.39, 0.29) is 0 Å². The normalized spacial score (nSPS) is 11.9. The van der Waals surface area contributed by atoms with E-state index >= 15 is 0 Å². The molecule has 1 unspecified atom stereocenters. The number of carboxylic acids is 1. The molecule has 0 aliphatic heterocycles. The monoisotopic (exact) mass is 304 g/mol. The van der Waals surface area contributed by atoms with Crippen LogP contribution in [0, 0.1) is 0 Å². The van der Waals surface area contributed by atoms with Gasteiger partial charge in [0, 0.05) is 6.42 Å². The number of aryl methyl sites for hydroxylation is 1. The lowest BCUT2D eigenvalue weighted by molar-refractivity contribution is -0.145. The number of carboxylic acid groups (broad SMARTS) is 1. The van der Waals surface area contributed by atoms with E-state index in [9.17, 15) is 9.90 Å². The standard InChI is InChI=1S/C17H17ClO3/c1-2-12-7-9-13(10-8-12)11-16(17(19)20)21-15-6-4-3-5-14(15)18/h3-10,16H,2,11H2,1H3,(H,19,20). The van der Waals surface area contributed by atoms with Crippen molar-refractivity contribution in [2.45, 2.75) is 25.9 Å². The first-order chi connectivity index (χ1) is 10.1. The molecule has 0 aliphatic carbocycles. The third kappa shape index (κ3) is 4.23. The Morgan fingerprint density at radius 2 is 1.76 bits per heavy atom. The predicted octanol–water partition coefficient (Wildman–Crippen LogP) is 3.98. The van der Waals surface area contributed by atoms with Crippen LogP contribution >= 0.6 is 11.6 Å². The van der Waals surface area contributed by atoms with E-state index in [1.165, 1.54) is 5.56 Å². The fourth-order valence-corrected chi connectivity index (χ4v) is 2.18. The molecule has 0 saturated carbocycles. The molecule has 3 nitrogen and oxygen atoms in total. The molecule has 2 rings (SSSR count). The predicted molar refractivity (Wildman–Crippen MR) is 83.0 cm³/mol. The average Bonchev–Trinajstić information content (AvgIpc) is 2.49. The fraction of sp³-hybridized carbons (Fsp3) is 0.235. The summed E-state index contributed by atoms with van der Waals surface area (Å²) >= 11 is 6.00. The van der Waals surface area contributed by atoms with E-state index in [2.05, 4.69) is 6.92 Å². The van der Waals surface area contributed by atoms with Crippen LogP contribution in [-0.2, 0) is 17.6 Å². The Morgan fingerprint density at radius 3 is 2.33 bits per heavy atom. The molecule has 4 heteroatoms. The summed E-state index contributed by atoms with van der Waals surface area (Å²) in [5, 5.41) is 9.73. The minimum atomic E-state index is -1.01. The molecule has 1 N–H and O–H groups in total. The zero-order valence-corrected chi connectivity index (χ0v) is 12.5. The Hall–Kier alpha value is -2.00. The smallest absolute Gasteiger partial charge is 0.345 e. The van der Waals surface area contributed by atoms with Gasteiger partial charge in [0.05, 0.1) is 5.02 Å². The molecule has 2 aromatic rings. The highest BCUT2D eigenvalue weighted by atomic mass is 35.5. The third-order valence-corrected chi connectivity index (χ3v) is 3.55. The van der Waals surface area contributed by atoms with Gasteiger partial charge in [-0.1, -0.05) is 54.9 Å². The van der Waals surface area contributed by atoms with Gasteiger partial charge in [-0.25, -0.2) is 4.79 Å². The van der Waals surface area contributed by atoms with Crippen molar-refractivity contribution < 1.29 is 14.6 Å². The van der Waals surface area contributed by atoms with Crippen LogP contribution in [0.1, 0.15) is 18.1 Å². The molecule has 2 aromatic carbocycles. The van der Waals surface area contributed by atoms with Crippen molar-refractivity contribution in [2.24, 2.45) is 0 Å². The van der Waals surface area contributed by atoms with Crippen LogP contribution in [0.15, 0.2) is 48.5 Å². The van der Waals surface area contributed by atoms with Gasteiger partial charge in [-0.2, -0.15) is 0 Å². The number of para-hydroxylation sites is 1. The molecule has 0 radical (unpaired) electrons. The first kappa shape index (κ1) is 15.4. The molecule has 0 heterocycles. The summed E-state index contributed by atoms with van der Waals surface area (Å²) in [7, 11) is 0. The van der Waals surface area contributed by atoms with E-state index < -0.39 is 12.1 Å². The van der Waals surface area contributed by atoms with Crippen LogP contribution in [0.4, 0.5) is 0 Å². The lowest BCUT2D eigenvalue weighted by Crippen LogP contribution is -2.29. The van der Waals surface area contributed by atoms with E-state index in [1.807, 2.05) is 24.3 Å². The lowest BCUT2D eigenvalue weighted by Gasteiger charge is -2.16. The van der Waals surface area contributed by atoms with Gasteiger partial charge in [0.1, 0.15) is 5.75 Å². The van der Waals surface area contributed by atoms with E-state index in [0.717, 1.165) is 12.0 Å². The lowest BCUT2D eigenvalue weighted by atomic mass is 10.0. The van der Waals surface area contributed by atoms with Gasteiger partial charge in [0.2, 0.25) is 0 Å². The van der Waals surface area contributed by atoms with E-state index in [0.29, 0.717) is 17.2 Å². The van der Waals surface area contributed by atoms with Crippen molar-refractivity contribution in [1.82, 2.24) is 0 Å². The van der Waals surface area contributed by atoms with E-state index in [4.69, 9.17) is 16.3 Å². The Bertz CT molecular complexity index is 608. The maximum Gasteiger partial charge on any atom is 0.345 e. The van der Waals surface area contributed by atoms with Crippen LogP contribution < -0.4 is 4.74 Å². The summed E-state index contributed by atoms with van der Waals surface area (Å²) in [6, 6.07) is 14.7. The minimum absolute atomic E-state index is 0.296. The second kappa shape index (κ2) is 7.14. The first-order valence-electron chi connectivity index (χ1n) is 6.82. The first-order valence-corrected chi connectivity index (χ1v) is 7.19. The number of hydrogen-bond donors (Lipinski definition) is 1. The molecule has 21 heavy (non-hydrogen) atoms. The second-order valence-electron chi connectivity index (χ2n) is 4.75. The summed E-state index contributed by atoms with van der Waals surface area (Å²) in [6.45, 7) is 2.08. The summed E-state index contributed by atoms with van der Waals surface area (Å²) in [4.78, 5) is 11.4. The van der Waals surface area contributed by atoms with Gasteiger partial charge >= 0.3 is 5.97 Å². The van der Waals surface area contributed by atoms with Gasteiger partial charge in [0.25, 0.3) is 0 Å². The quantitative estimate of drug-likeness (QED) is 0.878. The SMILES string of the molecule is CCc1ccc(CC(Oc2ccccc2Cl)C(=O)O)cc1. The third-order valence-electron chi connectivity index (χ3n) is 3.23. The fourth-order valence-electron chi connectivity index (χ4n) is 2.00. The molecule has 0 amide bonds. The van der Waals surface area contributed by atoms with Crippen LogP contribution in [0.2, 0.25) is 5.02 Å². The second-order valence-corrected chi connectivity index (χ2v) is 5.16. The van der Waals surface area contributed by atoms with Gasteiger partial charge in [-0.15, -0.1) is 0 Å². The molecule has 0 spiro atoms. The highest BCUT2D eigenvalue weighted by molar-refractivity contribution is 6.32. The van der Waals surface area contributed by atoms with Crippen molar-refractivity contribution >= 4 is 17.6 Å². The highest BCUT2D eigenvalue weighted by Gasteiger charge is 2.21. The van der Waals surface area contributed by atoms with Crippen LogP contribution in [-0.4, -0.2) is 17.2 Å². The van der Waals surface area contributed by atoms with Gasteiger partial charge < -0.3 is 9.84 Å². The van der Waals surface area contributed by atoms with E-state index in [1.54, 1.807) is 24.3 Å². The summed E-state index contributed by atoms with van der Waals surface area (Å²) in [6.07, 6.45) is 0.293. The minimum Gasteiger partial charge on any atom is -0.478 e. The number of rotatable bonds is 6. The Kier molecular flexibility index (Phi) is 5.23. The summed E-state index contributed by atoms with van der Waals surface area (Å²) in [5.41, 5.74) is 2.14. The molecule has 1 atom stereocenters. The highest BCUT2D eigenvalue weighted by Crippen LogP contribution is 2.25. The summed E-state index contributed by atoms with van der Waals surface area (Å²) < 4.78 is 5.54. The number of aliphatic carboxylic acids is 1. The topological polar surface area (TPSA) is 46.5 Å². The van der Waals surface area contributed by atoms with Crippen LogP contribution in [0.5, 0.6) is 5.75 Å². The van der Waals surface area contributed by atoms with Crippen molar-refractivity contribution in [3.63, 3.8) is 0 Å². The van der Waals surface area contributed by atoms with Crippen LogP contribution in [0.3, 0.4) is 0 Å². The number of ether oxygens (including phenoxy) is 1. The maximum absolute atomic E-state index is 11.4. The number of benzene rings is 2. The Labute approximate surface area is 129 Å². The summed E-state index contributed by atoms with van der Waals surface area (Å²) in [5.74, 6) is -0.619. The molecule has 110 valence electrons.